The second-order valence-electron chi connectivity index (χ2n) is 12.7. The fourth-order valence-corrected chi connectivity index (χ4v) is 9.58. The molecule has 4 aliphatic carbocycles. The van der Waals surface area contributed by atoms with Crippen molar-refractivity contribution in [3.8, 4) is 0 Å². The molecule has 0 atom stereocenters. The van der Waals surface area contributed by atoms with Crippen LogP contribution in [0.5, 0.6) is 0 Å². The second kappa shape index (κ2) is 12.0. The van der Waals surface area contributed by atoms with Crippen LogP contribution in [0.4, 0.5) is 23.3 Å². The van der Waals surface area contributed by atoms with Crippen LogP contribution in [0.1, 0.15) is 27.8 Å². The molecule has 0 radical (unpaired) electrons. The molecule has 0 unspecified atom stereocenters. The first-order valence-corrected chi connectivity index (χ1v) is 20.2. The molecule has 0 saturated carbocycles. The van der Waals surface area contributed by atoms with Crippen LogP contribution in [0.15, 0.2) is 68.5 Å². The van der Waals surface area contributed by atoms with Gasteiger partial charge in [-0.25, -0.2) is 28.4 Å². The van der Waals surface area contributed by atoms with Gasteiger partial charge in [-0.2, -0.15) is 0 Å². The molecule has 54 heavy (non-hydrogen) atoms. The summed E-state index contributed by atoms with van der Waals surface area (Å²) in [7, 11) is 1.81. The van der Waals surface area contributed by atoms with Crippen molar-refractivity contribution in [1.82, 2.24) is 19.9 Å². The summed E-state index contributed by atoms with van der Waals surface area (Å²) in [5.41, 5.74) is 5.43. The van der Waals surface area contributed by atoms with E-state index in [4.69, 9.17) is 79.5 Å². The van der Waals surface area contributed by atoms with Crippen LogP contribution >= 0.6 is 59.6 Å². The molecular formula is C38H19ClN8O2S5. The Morgan fingerprint density at radius 1 is 0.519 bits per heavy atom. The van der Waals surface area contributed by atoms with Crippen LogP contribution in [0, 0.1) is 0 Å². The highest BCUT2D eigenvalue weighted by Crippen LogP contribution is 2.33. The molecule has 0 saturated heterocycles. The van der Waals surface area contributed by atoms with E-state index in [0.717, 1.165) is 16.3 Å². The number of aromatic amines is 4. The molecule has 10 rings (SSSR count). The number of fused-ring (bicyclic) bond motifs is 20. The number of thiocarbonyl (C=S) groups is 4. The van der Waals surface area contributed by atoms with E-state index in [9.17, 15) is 8.42 Å². The first-order valence-electron chi connectivity index (χ1n) is 16.2. The van der Waals surface area contributed by atoms with E-state index < -0.39 is 9.05 Å². The minimum absolute atomic E-state index is 0.0537. The maximum absolute atomic E-state index is 13.5. The van der Waals surface area contributed by atoms with E-state index in [1.807, 2.05) is 85.0 Å². The van der Waals surface area contributed by atoms with Crippen molar-refractivity contribution in [3.05, 3.63) is 119 Å². The molecule has 5 heterocycles. The molecule has 260 valence electrons. The van der Waals surface area contributed by atoms with E-state index >= 15 is 0 Å². The number of nitrogens with zero attached hydrogens (tertiary/aromatic N) is 4. The number of allylic oxidation sites excluding steroid dienone is 4. The number of aromatic nitrogens is 4. The standard InChI is InChI=1S/C38H19ClN8O2S5/c39-54(48,49)30-28-27(15-23(29(30)53)16-4-2-1-3-5-16)37-45-36-25-13-18(51)7-10-21(25)32(43-36)41-34-24-12-17(50)6-9-20(24)31(40-34)42-35-26-14-19(52)8-11-22(26)33(44-35)46-38(28)47-37/h1-15H,(H,40,41)(H,42,44)(H,43,45)(H,46,47). The zero-order valence-electron chi connectivity index (χ0n) is 27.2. The van der Waals surface area contributed by atoms with Gasteiger partial charge in [0.25, 0.3) is 9.05 Å². The Morgan fingerprint density at radius 3 is 1.37 bits per heavy atom. The molecule has 5 aromatic rings. The van der Waals surface area contributed by atoms with Crippen LogP contribution in [0.2, 0.25) is 0 Å². The van der Waals surface area contributed by atoms with Gasteiger partial charge in [-0.05, 0) is 66.3 Å². The molecule has 1 aliphatic heterocycles. The topological polar surface area (TPSA) is 147 Å². The highest BCUT2D eigenvalue weighted by Gasteiger charge is 2.31. The lowest BCUT2D eigenvalue weighted by molar-refractivity contribution is 0.618. The van der Waals surface area contributed by atoms with Gasteiger partial charge in [0.15, 0.2) is 0 Å². The number of hydrogen-bond acceptors (Lipinski definition) is 10. The Bertz CT molecular complexity index is 3490. The van der Waals surface area contributed by atoms with Gasteiger partial charge in [0.2, 0.25) is 0 Å². The summed E-state index contributed by atoms with van der Waals surface area (Å²) >= 11 is 22.6. The van der Waals surface area contributed by atoms with Crippen molar-refractivity contribution in [1.29, 1.82) is 0 Å². The van der Waals surface area contributed by atoms with E-state index in [1.54, 1.807) is 6.08 Å². The van der Waals surface area contributed by atoms with Gasteiger partial charge in [0, 0.05) is 74.0 Å². The van der Waals surface area contributed by atoms with Gasteiger partial charge >= 0.3 is 0 Å². The molecule has 0 amide bonds. The molecule has 1 aromatic carbocycles. The van der Waals surface area contributed by atoms with Gasteiger partial charge in [-0.1, -0.05) is 79.2 Å². The summed E-state index contributed by atoms with van der Waals surface area (Å²) in [6.07, 6.45) is 18.5. The van der Waals surface area contributed by atoms with Crippen molar-refractivity contribution in [2.75, 3.05) is 0 Å². The van der Waals surface area contributed by atoms with E-state index in [1.165, 1.54) is 0 Å². The molecule has 4 N–H and O–H groups in total. The molecule has 0 spiro atoms. The quantitative estimate of drug-likeness (QED) is 0.156. The molecule has 5 aliphatic rings. The number of hydrogen-bond donors (Lipinski definition) is 4. The average molecular weight is 815 g/mol. The van der Waals surface area contributed by atoms with Crippen molar-refractivity contribution >= 4 is 164 Å². The first-order chi connectivity index (χ1) is 26.0. The summed E-state index contributed by atoms with van der Waals surface area (Å²) < 4.78 is 27.1. The van der Waals surface area contributed by atoms with Crippen molar-refractivity contribution in [2.45, 2.75) is 0 Å². The first kappa shape index (κ1) is 33.2. The Balaban J connectivity index is 1.43. The lowest BCUT2D eigenvalue weighted by Crippen LogP contribution is -2.33. The highest BCUT2D eigenvalue weighted by atomic mass is 35.7. The largest absolute Gasteiger partial charge is 0.324 e. The van der Waals surface area contributed by atoms with Crippen molar-refractivity contribution in [3.63, 3.8) is 0 Å². The summed E-state index contributed by atoms with van der Waals surface area (Å²) in [6.45, 7) is 0. The number of halogens is 1. The minimum Gasteiger partial charge on any atom is -0.324 e. The van der Waals surface area contributed by atoms with E-state index in [0.29, 0.717) is 87.0 Å². The third kappa shape index (κ3) is 5.26. The predicted molar refractivity (Wildman–Crippen MR) is 228 cm³/mol. The maximum Gasteiger partial charge on any atom is 0.263 e. The zero-order chi connectivity index (χ0) is 37.0. The number of benzene rings is 1. The Kier molecular flexibility index (Phi) is 7.40. The highest BCUT2D eigenvalue weighted by molar-refractivity contribution is 8.22. The molecule has 10 nitrogen and oxygen atoms in total. The van der Waals surface area contributed by atoms with E-state index in [2.05, 4.69) is 19.9 Å². The Labute approximate surface area is 329 Å². The van der Waals surface area contributed by atoms with Gasteiger partial charge in [0.05, 0.1) is 4.86 Å². The zero-order valence-corrected chi connectivity index (χ0v) is 32.0. The van der Waals surface area contributed by atoms with Crippen molar-refractivity contribution in [2.24, 2.45) is 20.0 Å². The fourth-order valence-electron chi connectivity index (χ4n) is 7.03. The summed E-state index contributed by atoms with van der Waals surface area (Å²) in [5, 5.41) is 2.36. The van der Waals surface area contributed by atoms with Gasteiger partial charge in [-0.15, -0.1) is 0 Å². The summed E-state index contributed by atoms with van der Waals surface area (Å²) in [6, 6.07) is 9.26. The molecule has 0 fully saturated rings. The second-order valence-corrected chi connectivity index (χ2v) is 17.0. The molecule has 16 heteroatoms. The van der Waals surface area contributed by atoms with Crippen LogP contribution in [-0.2, 0) is 9.05 Å². The summed E-state index contributed by atoms with van der Waals surface area (Å²) in [5.74, 6) is 1.71. The summed E-state index contributed by atoms with van der Waals surface area (Å²) in [4.78, 5) is 35.3. The predicted octanol–water partition coefficient (Wildman–Crippen LogP) is 3.25. The van der Waals surface area contributed by atoms with Crippen LogP contribution in [-0.4, -0.2) is 47.8 Å². The van der Waals surface area contributed by atoms with Gasteiger partial charge < -0.3 is 19.9 Å². The van der Waals surface area contributed by atoms with Crippen LogP contribution in [0.25, 0.3) is 53.0 Å². The molecule has 4 aromatic heterocycles. The minimum atomic E-state index is -4.44. The number of nitrogens with one attached hydrogen (secondary N) is 4. The lowest BCUT2D eigenvalue weighted by Gasteiger charge is -2.15. The van der Waals surface area contributed by atoms with Crippen LogP contribution < -0.4 is 42.8 Å². The Hall–Kier alpha value is -5.42. The average Bonchev–Trinajstić information content (AvgIpc) is 3.85. The fraction of sp³-hybridized carbons (Fsp3) is 0. The number of H-pyrrole nitrogens is 4. The third-order valence-corrected chi connectivity index (χ3v) is 12.1. The lowest BCUT2D eigenvalue weighted by atomic mass is 9.95. The third-order valence-electron chi connectivity index (χ3n) is 9.40. The molecular weight excluding hydrogens is 796 g/mol. The number of rotatable bonds is 2. The SMILES string of the molecule is O=S(=O)(Cl)C1=c2c(c3[nH]c2=Nc2[nH]c(c4c2C=CC(=S)C=4)=Nc2[nH]c(c4c2C=CC(=S)C=4)=Nc2[nH]c(c4c2C=CC(=S)C=4)=N3)C=C(c2ccccc2)C1=S. The Morgan fingerprint density at radius 2 is 0.926 bits per heavy atom. The van der Waals surface area contributed by atoms with Gasteiger partial charge in [0.1, 0.15) is 50.1 Å². The van der Waals surface area contributed by atoms with Crippen LogP contribution in [0.3, 0.4) is 0 Å². The maximum atomic E-state index is 13.5. The van der Waals surface area contributed by atoms with E-state index in [-0.39, 0.29) is 20.5 Å². The monoisotopic (exact) mass is 814 g/mol. The normalized spacial score (nSPS) is 16.3. The van der Waals surface area contributed by atoms with Gasteiger partial charge in [-0.3, -0.25) is 0 Å². The smallest absolute Gasteiger partial charge is 0.263 e. The van der Waals surface area contributed by atoms with Crippen molar-refractivity contribution < 1.29 is 8.42 Å². The molecule has 8 bridgehead atoms.